The number of amides is 2. The number of ether oxygens (including phenoxy) is 1. The second-order valence-corrected chi connectivity index (χ2v) is 6.33. The topological polar surface area (TPSA) is 127 Å². The number of carbonyl (C=O) groups is 2. The zero-order chi connectivity index (χ0) is 21.5. The Kier molecular flexibility index (Phi) is 6.58. The zero-order valence-corrected chi connectivity index (χ0v) is 16.0. The van der Waals surface area contributed by atoms with Gasteiger partial charge in [0.05, 0.1) is 13.2 Å². The number of benzene rings is 2. The second-order valence-electron chi connectivity index (χ2n) is 6.33. The first-order chi connectivity index (χ1) is 14.4. The van der Waals surface area contributed by atoms with E-state index in [1.165, 1.54) is 24.3 Å². The summed E-state index contributed by atoms with van der Waals surface area (Å²) in [7, 11) is 1.56. The normalized spacial score (nSPS) is 11.5. The van der Waals surface area contributed by atoms with Crippen LogP contribution in [0.15, 0.2) is 53.1 Å². The van der Waals surface area contributed by atoms with Gasteiger partial charge in [0.25, 0.3) is 0 Å². The van der Waals surface area contributed by atoms with Gasteiger partial charge in [0.2, 0.25) is 5.89 Å². The molecule has 1 atom stereocenters. The van der Waals surface area contributed by atoms with E-state index in [1.54, 1.807) is 19.2 Å². The number of nitrogens with one attached hydrogen (secondary N) is 2. The van der Waals surface area contributed by atoms with E-state index in [1.807, 2.05) is 12.1 Å². The standard InChI is InChI=1S/C20H19FN4O5/c1-29-15-8-2-12(3-9-15)10-16(19-24-17(30-25-19)11-18(26)27)23-20(28)22-14-6-4-13(21)5-7-14/h2-9,16H,10-11H2,1H3,(H,26,27)(H2,22,23,28)/t16-/m0/s1. The first kappa shape index (κ1) is 20.8. The SMILES string of the molecule is COc1ccc(C[C@H](NC(=O)Nc2ccc(F)cc2)c2noc(CC(=O)O)n2)cc1. The van der Waals surface area contributed by atoms with Crippen molar-refractivity contribution in [1.29, 1.82) is 0 Å². The van der Waals surface area contributed by atoms with Gasteiger partial charge >= 0.3 is 12.0 Å². The van der Waals surface area contributed by atoms with E-state index in [4.69, 9.17) is 14.4 Å². The van der Waals surface area contributed by atoms with Crippen LogP contribution >= 0.6 is 0 Å². The summed E-state index contributed by atoms with van der Waals surface area (Å²) in [6, 6.07) is 11.2. The number of carboxylic acid groups (broad SMARTS) is 1. The van der Waals surface area contributed by atoms with Crippen LogP contribution in [-0.2, 0) is 17.6 Å². The number of halogens is 1. The predicted octanol–water partition coefficient (Wildman–Crippen LogP) is 2.95. The van der Waals surface area contributed by atoms with Gasteiger partial charge in [0.15, 0.2) is 5.82 Å². The molecular weight excluding hydrogens is 395 g/mol. The molecule has 0 bridgehead atoms. The third kappa shape index (κ3) is 5.77. The molecule has 1 aromatic heterocycles. The maximum atomic E-state index is 13.0. The molecule has 156 valence electrons. The Hall–Kier alpha value is -3.95. The fourth-order valence-electron chi connectivity index (χ4n) is 2.67. The number of hydrogen-bond acceptors (Lipinski definition) is 6. The van der Waals surface area contributed by atoms with Crippen molar-refractivity contribution < 1.29 is 28.3 Å². The highest BCUT2D eigenvalue weighted by Gasteiger charge is 2.22. The fourth-order valence-corrected chi connectivity index (χ4v) is 2.67. The van der Waals surface area contributed by atoms with E-state index in [0.717, 1.165) is 5.56 Å². The van der Waals surface area contributed by atoms with Crippen LogP contribution in [0, 0.1) is 5.82 Å². The molecule has 1 heterocycles. The lowest BCUT2D eigenvalue weighted by atomic mass is 10.1. The molecule has 0 saturated heterocycles. The van der Waals surface area contributed by atoms with E-state index >= 15 is 0 Å². The van der Waals surface area contributed by atoms with E-state index < -0.39 is 30.3 Å². The summed E-state index contributed by atoms with van der Waals surface area (Å²) in [5, 5.41) is 18.0. The van der Waals surface area contributed by atoms with Gasteiger partial charge in [0, 0.05) is 12.1 Å². The van der Waals surface area contributed by atoms with Crippen molar-refractivity contribution in [1.82, 2.24) is 15.5 Å². The van der Waals surface area contributed by atoms with Crippen molar-refractivity contribution >= 4 is 17.7 Å². The van der Waals surface area contributed by atoms with Gasteiger partial charge in [-0.15, -0.1) is 0 Å². The highest BCUT2D eigenvalue weighted by molar-refractivity contribution is 5.89. The Morgan fingerprint density at radius 1 is 1.17 bits per heavy atom. The average Bonchev–Trinajstić information content (AvgIpc) is 3.17. The fraction of sp³-hybridized carbons (Fsp3) is 0.200. The predicted molar refractivity (Wildman–Crippen MR) is 104 cm³/mol. The summed E-state index contributed by atoms with van der Waals surface area (Å²) in [5.74, 6) is -0.787. The van der Waals surface area contributed by atoms with Gasteiger partial charge in [-0.2, -0.15) is 4.98 Å². The van der Waals surface area contributed by atoms with Crippen LogP contribution in [0.2, 0.25) is 0 Å². The first-order valence-electron chi connectivity index (χ1n) is 8.93. The lowest BCUT2D eigenvalue weighted by molar-refractivity contribution is -0.136. The Balaban J connectivity index is 1.76. The van der Waals surface area contributed by atoms with Gasteiger partial charge in [-0.3, -0.25) is 4.79 Å². The largest absolute Gasteiger partial charge is 0.497 e. The number of urea groups is 1. The smallest absolute Gasteiger partial charge is 0.319 e. The molecule has 0 spiro atoms. The Bertz CT molecular complexity index is 1000. The molecule has 0 aliphatic carbocycles. The summed E-state index contributed by atoms with van der Waals surface area (Å²) in [6.45, 7) is 0. The summed E-state index contributed by atoms with van der Waals surface area (Å²) in [5.41, 5.74) is 1.25. The van der Waals surface area contributed by atoms with E-state index in [0.29, 0.717) is 17.9 Å². The van der Waals surface area contributed by atoms with Gasteiger partial charge < -0.3 is 25.0 Å². The maximum absolute atomic E-state index is 13.0. The molecule has 0 unspecified atom stereocenters. The lowest BCUT2D eigenvalue weighted by Crippen LogP contribution is -2.34. The van der Waals surface area contributed by atoms with Crippen LogP contribution in [-0.4, -0.2) is 34.4 Å². The van der Waals surface area contributed by atoms with E-state index in [2.05, 4.69) is 20.8 Å². The number of carboxylic acids is 1. The van der Waals surface area contributed by atoms with Crippen molar-refractivity contribution in [2.24, 2.45) is 0 Å². The number of rotatable bonds is 8. The van der Waals surface area contributed by atoms with Crippen LogP contribution in [0.25, 0.3) is 0 Å². The van der Waals surface area contributed by atoms with Crippen molar-refractivity contribution in [2.45, 2.75) is 18.9 Å². The minimum Gasteiger partial charge on any atom is -0.497 e. The maximum Gasteiger partial charge on any atom is 0.319 e. The molecule has 30 heavy (non-hydrogen) atoms. The number of carbonyl (C=O) groups excluding carboxylic acids is 1. The van der Waals surface area contributed by atoms with Crippen LogP contribution in [0.3, 0.4) is 0 Å². The quantitative estimate of drug-likeness (QED) is 0.517. The van der Waals surface area contributed by atoms with Gasteiger partial charge in [-0.1, -0.05) is 17.3 Å². The molecule has 2 aromatic carbocycles. The molecule has 0 fully saturated rings. The molecule has 2 amide bonds. The molecule has 10 heteroatoms. The van der Waals surface area contributed by atoms with Crippen molar-refractivity contribution in [2.75, 3.05) is 12.4 Å². The Labute approximate surface area is 170 Å². The molecule has 0 aliphatic rings. The molecule has 0 saturated carbocycles. The molecule has 3 aromatic rings. The number of aromatic nitrogens is 2. The third-order valence-corrected chi connectivity index (χ3v) is 4.10. The van der Waals surface area contributed by atoms with Crippen LogP contribution in [0.1, 0.15) is 23.3 Å². The molecule has 0 aliphatic heterocycles. The monoisotopic (exact) mass is 414 g/mol. The first-order valence-corrected chi connectivity index (χ1v) is 8.93. The van der Waals surface area contributed by atoms with E-state index in [9.17, 15) is 14.0 Å². The second kappa shape index (κ2) is 9.50. The Morgan fingerprint density at radius 3 is 2.50 bits per heavy atom. The zero-order valence-electron chi connectivity index (χ0n) is 16.0. The molecule has 3 N–H and O–H groups in total. The number of methoxy groups -OCH3 is 1. The third-order valence-electron chi connectivity index (χ3n) is 4.10. The van der Waals surface area contributed by atoms with Crippen molar-refractivity contribution in [3.8, 4) is 5.75 Å². The van der Waals surface area contributed by atoms with Gasteiger partial charge in [0.1, 0.15) is 18.0 Å². The summed E-state index contributed by atoms with van der Waals surface area (Å²) < 4.78 is 23.1. The number of anilines is 1. The highest BCUT2D eigenvalue weighted by Crippen LogP contribution is 2.19. The Morgan fingerprint density at radius 2 is 1.87 bits per heavy atom. The van der Waals surface area contributed by atoms with Gasteiger partial charge in [-0.05, 0) is 42.0 Å². The van der Waals surface area contributed by atoms with Crippen LogP contribution in [0.5, 0.6) is 5.75 Å². The molecule has 0 radical (unpaired) electrons. The molecule has 3 rings (SSSR count). The molecular formula is C20H19FN4O5. The number of aliphatic carboxylic acids is 1. The number of hydrogen-bond donors (Lipinski definition) is 3. The lowest BCUT2D eigenvalue weighted by Gasteiger charge is -2.16. The van der Waals surface area contributed by atoms with Crippen molar-refractivity contribution in [3.63, 3.8) is 0 Å². The van der Waals surface area contributed by atoms with Gasteiger partial charge in [-0.25, -0.2) is 9.18 Å². The highest BCUT2D eigenvalue weighted by atomic mass is 19.1. The summed E-state index contributed by atoms with van der Waals surface area (Å²) in [6.07, 6.45) is -0.114. The summed E-state index contributed by atoms with van der Waals surface area (Å²) >= 11 is 0. The average molecular weight is 414 g/mol. The van der Waals surface area contributed by atoms with E-state index in [-0.39, 0.29) is 11.7 Å². The minimum atomic E-state index is -1.11. The molecule has 9 nitrogen and oxygen atoms in total. The van der Waals surface area contributed by atoms with Crippen molar-refractivity contribution in [3.05, 3.63) is 71.6 Å². The number of nitrogens with zero attached hydrogens (tertiary/aromatic N) is 2. The van der Waals surface area contributed by atoms with Crippen LogP contribution < -0.4 is 15.4 Å². The minimum absolute atomic E-state index is 0.0713. The summed E-state index contributed by atoms with van der Waals surface area (Å²) in [4.78, 5) is 27.4. The van der Waals surface area contributed by atoms with Crippen LogP contribution in [0.4, 0.5) is 14.9 Å².